The third kappa shape index (κ3) is 2.52. The summed E-state index contributed by atoms with van der Waals surface area (Å²) in [6.07, 6.45) is 3.12. The average Bonchev–Trinajstić information content (AvgIpc) is 2.56. The zero-order valence-corrected chi connectivity index (χ0v) is 9.42. The molecule has 0 bridgehead atoms. The third-order valence-electron chi connectivity index (χ3n) is 2.71. The summed E-state index contributed by atoms with van der Waals surface area (Å²) in [6.45, 7) is 2.02. The Morgan fingerprint density at radius 3 is 2.81 bits per heavy atom. The summed E-state index contributed by atoms with van der Waals surface area (Å²) in [5.74, 6) is 0. The standard InChI is InChI=1S/C12H17N3O/c1-8(13)3-2-4-9-5-6-10-11(7-9)15-12(16)14-10/h5-8H,2-4,13H2,1H3,(H2,14,15,16). The molecule has 2 rings (SSSR count). The number of nitrogens with two attached hydrogens (primary N) is 1. The normalized spacial score (nSPS) is 13.1. The van der Waals surface area contributed by atoms with Crippen molar-refractivity contribution >= 4 is 11.0 Å². The molecule has 0 fully saturated rings. The predicted molar refractivity (Wildman–Crippen MR) is 65.5 cm³/mol. The zero-order valence-electron chi connectivity index (χ0n) is 9.42. The van der Waals surface area contributed by atoms with E-state index in [4.69, 9.17) is 5.73 Å². The topological polar surface area (TPSA) is 74.7 Å². The van der Waals surface area contributed by atoms with Gasteiger partial charge in [-0.3, -0.25) is 0 Å². The molecule has 86 valence electrons. The summed E-state index contributed by atoms with van der Waals surface area (Å²) in [4.78, 5) is 16.6. The van der Waals surface area contributed by atoms with E-state index in [1.54, 1.807) is 0 Å². The number of imidazole rings is 1. The van der Waals surface area contributed by atoms with Gasteiger partial charge >= 0.3 is 5.69 Å². The van der Waals surface area contributed by atoms with Crippen LogP contribution < -0.4 is 11.4 Å². The maximum Gasteiger partial charge on any atom is 0.323 e. The van der Waals surface area contributed by atoms with Gasteiger partial charge in [0.25, 0.3) is 0 Å². The lowest BCUT2D eigenvalue weighted by atomic mass is 10.1. The molecular formula is C12H17N3O. The van der Waals surface area contributed by atoms with Crippen molar-refractivity contribution < 1.29 is 0 Å². The molecule has 4 heteroatoms. The van der Waals surface area contributed by atoms with Crippen molar-refractivity contribution in [2.24, 2.45) is 5.73 Å². The molecule has 0 aliphatic heterocycles. The van der Waals surface area contributed by atoms with Gasteiger partial charge in [-0.05, 0) is 43.9 Å². The second kappa shape index (κ2) is 4.53. The number of hydrogen-bond acceptors (Lipinski definition) is 2. The van der Waals surface area contributed by atoms with Crippen LogP contribution in [0.1, 0.15) is 25.3 Å². The zero-order chi connectivity index (χ0) is 11.5. The average molecular weight is 219 g/mol. The molecule has 1 aromatic heterocycles. The van der Waals surface area contributed by atoms with Gasteiger partial charge in [-0.15, -0.1) is 0 Å². The van der Waals surface area contributed by atoms with Crippen molar-refractivity contribution in [1.82, 2.24) is 9.97 Å². The number of nitrogens with one attached hydrogen (secondary N) is 2. The van der Waals surface area contributed by atoms with Gasteiger partial charge in [0.2, 0.25) is 0 Å². The maximum atomic E-state index is 11.1. The van der Waals surface area contributed by atoms with Crippen LogP contribution in [0.15, 0.2) is 23.0 Å². The molecule has 16 heavy (non-hydrogen) atoms. The number of benzene rings is 1. The molecule has 0 amide bonds. The second-order valence-corrected chi connectivity index (χ2v) is 4.33. The number of fused-ring (bicyclic) bond motifs is 1. The summed E-state index contributed by atoms with van der Waals surface area (Å²) >= 11 is 0. The van der Waals surface area contributed by atoms with Gasteiger partial charge in [-0.25, -0.2) is 4.79 Å². The lowest BCUT2D eigenvalue weighted by Crippen LogP contribution is -2.14. The Morgan fingerprint density at radius 2 is 2.06 bits per heavy atom. The summed E-state index contributed by atoms with van der Waals surface area (Å²) in [6, 6.07) is 6.27. The van der Waals surface area contributed by atoms with Gasteiger partial charge in [0.15, 0.2) is 0 Å². The van der Waals surface area contributed by atoms with E-state index in [1.807, 2.05) is 25.1 Å². The van der Waals surface area contributed by atoms with E-state index < -0.39 is 0 Å². The van der Waals surface area contributed by atoms with Crippen LogP contribution in [0.2, 0.25) is 0 Å². The minimum atomic E-state index is -0.150. The van der Waals surface area contributed by atoms with Crippen LogP contribution in [0.5, 0.6) is 0 Å². The number of H-pyrrole nitrogens is 2. The summed E-state index contributed by atoms with van der Waals surface area (Å²) < 4.78 is 0. The van der Waals surface area contributed by atoms with Gasteiger partial charge in [0.05, 0.1) is 11.0 Å². The predicted octanol–water partition coefficient (Wildman–Crippen LogP) is 1.53. The van der Waals surface area contributed by atoms with Crippen LogP contribution in [-0.4, -0.2) is 16.0 Å². The van der Waals surface area contributed by atoms with Gasteiger partial charge < -0.3 is 15.7 Å². The highest BCUT2D eigenvalue weighted by Crippen LogP contribution is 2.12. The summed E-state index contributed by atoms with van der Waals surface area (Å²) in [5, 5.41) is 0. The van der Waals surface area contributed by atoms with E-state index in [9.17, 15) is 4.79 Å². The molecule has 4 N–H and O–H groups in total. The number of rotatable bonds is 4. The lowest BCUT2D eigenvalue weighted by Gasteiger charge is -2.04. The molecule has 0 aliphatic rings. The molecular weight excluding hydrogens is 202 g/mol. The van der Waals surface area contributed by atoms with Crippen LogP contribution in [0.3, 0.4) is 0 Å². The van der Waals surface area contributed by atoms with Gasteiger partial charge in [0.1, 0.15) is 0 Å². The highest BCUT2D eigenvalue weighted by Gasteiger charge is 2.00. The molecule has 1 unspecified atom stereocenters. The minimum absolute atomic E-state index is 0.150. The molecule has 1 aromatic carbocycles. The highest BCUT2D eigenvalue weighted by atomic mass is 16.1. The molecule has 1 atom stereocenters. The first kappa shape index (κ1) is 11.0. The second-order valence-electron chi connectivity index (χ2n) is 4.33. The summed E-state index contributed by atoms with van der Waals surface area (Å²) in [7, 11) is 0. The molecule has 1 heterocycles. The molecule has 2 aromatic rings. The molecule has 0 aliphatic carbocycles. The smallest absolute Gasteiger partial charge is 0.323 e. The van der Waals surface area contributed by atoms with Crippen molar-refractivity contribution in [3.63, 3.8) is 0 Å². The maximum absolute atomic E-state index is 11.1. The Balaban J connectivity index is 2.10. The Bertz CT molecular complexity index is 524. The van der Waals surface area contributed by atoms with Crippen molar-refractivity contribution in [2.45, 2.75) is 32.2 Å². The monoisotopic (exact) mass is 219 g/mol. The number of aromatic amines is 2. The van der Waals surface area contributed by atoms with Crippen LogP contribution >= 0.6 is 0 Å². The van der Waals surface area contributed by atoms with E-state index in [2.05, 4.69) is 9.97 Å². The van der Waals surface area contributed by atoms with Crippen LogP contribution in [0, 0.1) is 0 Å². The van der Waals surface area contributed by atoms with Crippen molar-refractivity contribution in [1.29, 1.82) is 0 Å². The van der Waals surface area contributed by atoms with E-state index in [0.717, 1.165) is 30.3 Å². The van der Waals surface area contributed by atoms with Gasteiger partial charge in [0, 0.05) is 6.04 Å². The van der Waals surface area contributed by atoms with Crippen LogP contribution in [-0.2, 0) is 6.42 Å². The van der Waals surface area contributed by atoms with Crippen LogP contribution in [0.25, 0.3) is 11.0 Å². The summed E-state index contributed by atoms with van der Waals surface area (Å²) in [5.41, 5.74) is 8.53. The first-order chi connectivity index (χ1) is 7.65. The van der Waals surface area contributed by atoms with E-state index in [0.29, 0.717) is 0 Å². The molecule has 0 saturated heterocycles. The van der Waals surface area contributed by atoms with Crippen molar-refractivity contribution in [3.05, 3.63) is 34.2 Å². The SMILES string of the molecule is CC(N)CCCc1ccc2[nH]c(=O)[nH]c2c1. The molecule has 4 nitrogen and oxygen atoms in total. The largest absolute Gasteiger partial charge is 0.328 e. The highest BCUT2D eigenvalue weighted by molar-refractivity contribution is 5.74. The van der Waals surface area contributed by atoms with Crippen molar-refractivity contribution in [2.75, 3.05) is 0 Å². The lowest BCUT2D eigenvalue weighted by molar-refractivity contribution is 0.624. The third-order valence-corrected chi connectivity index (χ3v) is 2.71. The van der Waals surface area contributed by atoms with Crippen molar-refractivity contribution in [3.8, 4) is 0 Å². The fraction of sp³-hybridized carbons (Fsp3) is 0.417. The van der Waals surface area contributed by atoms with E-state index in [-0.39, 0.29) is 11.7 Å². The van der Waals surface area contributed by atoms with E-state index in [1.165, 1.54) is 5.56 Å². The van der Waals surface area contributed by atoms with Gasteiger partial charge in [-0.2, -0.15) is 0 Å². The Kier molecular flexibility index (Phi) is 3.10. The Hall–Kier alpha value is -1.55. The fourth-order valence-corrected chi connectivity index (χ4v) is 1.86. The van der Waals surface area contributed by atoms with Gasteiger partial charge in [-0.1, -0.05) is 6.07 Å². The first-order valence-corrected chi connectivity index (χ1v) is 5.61. The number of aromatic nitrogens is 2. The molecule has 0 spiro atoms. The molecule has 0 saturated carbocycles. The minimum Gasteiger partial charge on any atom is -0.328 e. The number of hydrogen-bond donors (Lipinski definition) is 3. The van der Waals surface area contributed by atoms with E-state index >= 15 is 0 Å². The Morgan fingerprint density at radius 1 is 1.31 bits per heavy atom. The Labute approximate surface area is 93.9 Å². The first-order valence-electron chi connectivity index (χ1n) is 5.61. The fourth-order valence-electron chi connectivity index (χ4n) is 1.86. The molecule has 0 radical (unpaired) electrons. The quantitative estimate of drug-likeness (QED) is 0.729. The number of aryl methyl sites for hydroxylation is 1. The van der Waals surface area contributed by atoms with Crippen LogP contribution in [0.4, 0.5) is 0 Å².